The molecule has 8 heteroatoms. The van der Waals surface area contributed by atoms with Gasteiger partial charge in [-0.25, -0.2) is 0 Å². The van der Waals surface area contributed by atoms with E-state index < -0.39 is 34.4 Å². The van der Waals surface area contributed by atoms with Gasteiger partial charge >= 0.3 is 5.97 Å². The Morgan fingerprint density at radius 2 is 1.82 bits per heavy atom. The standard InChI is InChI=1S/C20H22N2O6/c1-20(19(24)28-3)16(12-8-10-13(27-2)11-9-12)18(22(25)26)17(21-20)14-6-4-5-7-15(14)23/h4-11,16-18,21,23H,1-3H3/t16-,17+,18-,20+/m1/s1. The number of nitro groups is 1. The number of hydrogen-bond donors (Lipinski definition) is 2. The summed E-state index contributed by atoms with van der Waals surface area (Å²) in [6, 6.07) is 11.1. The predicted molar refractivity (Wildman–Crippen MR) is 101 cm³/mol. The molecule has 8 nitrogen and oxygen atoms in total. The summed E-state index contributed by atoms with van der Waals surface area (Å²) in [5, 5.41) is 25.5. The second-order valence-corrected chi connectivity index (χ2v) is 6.90. The van der Waals surface area contributed by atoms with Crippen LogP contribution >= 0.6 is 0 Å². The highest BCUT2D eigenvalue weighted by Gasteiger charge is 2.62. The molecule has 0 bridgehead atoms. The normalized spacial score (nSPS) is 26.6. The third-order valence-electron chi connectivity index (χ3n) is 5.36. The molecule has 0 aromatic heterocycles. The third-order valence-corrected chi connectivity index (χ3v) is 5.36. The van der Waals surface area contributed by atoms with Crippen LogP contribution in [-0.2, 0) is 9.53 Å². The van der Waals surface area contributed by atoms with Gasteiger partial charge in [0.15, 0.2) is 0 Å². The number of hydrogen-bond acceptors (Lipinski definition) is 7. The highest BCUT2D eigenvalue weighted by molar-refractivity contribution is 5.83. The first-order valence-electron chi connectivity index (χ1n) is 8.75. The Labute approximate surface area is 162 Å². The molecule has 3 rings (SSSR count). The minimum Gasteiger partial charge on any atom is -0.508 e. The Hall–Kier alpha value is -3.13. The van der Waals surface area contributed by atoms with Crippen molar-refractivity contribution in [1.82, 2.24) is 5.32 Å². The van der Waals surface area contributed by atoms with E-state index in [-0.39, 0.29) is 5.75 Å². The summed E-state index contributed by atoms with van der Waals surface area (Å²) >= 11 is 0. The van der Waals surface area contributed by atoms with Gasteiger partial charge in [0.2, 0.25) is 6.04 Å². The molecule has 28 heavy (non-hydrogen) atoms. The van der Waals surface area contributed by atoms with Crippen LogP contribution in [0.3, 0.4) is 0 Å². The highest BCUT2D eigenvalue weighted by atomic mass is 16.6. The van der Waals surface area contributed by atoms with Crippen molar-refractivity contribution >= 4 is 5.97 Å². The summed E-state index contributed by atoms with van der Waals surface area (Å²) < 4.78 is 10.1. The number of carbonyl (C=O) groups excluding carboxylic acids is 1. The van der Waals surface area contributed by atoms with E-state index in [9.17, 15) is 20.0 Å². The van der Waals surface area contributed by atoms with Crippen molar-refractivity contribution in [3.63, 3.8) is 0 Å². The van der Waals surface area contributed by atoms with Gasteiger partial charge < -0.3 is 14.6 Å². The SMILES string of the molecule is COC(=O)[C@@]1(C)N[C@@H](c2ccccc2O)[C@H]([N+](=O)[O-])[C@H]1c1ccc(OC)cc1. The van der Waals surface area contributed by atoms with Crippen LogP contribution in [0.2, 0.25) is 0 Å². The number of esters is 1. The first-order chi connectivity index (χ1) is 13.3. The molecule has 1 aliphatic rings. The van der Waals surface area contributed by atoms with E-state index in [0.717, 1.165) is 0 Å². The van der Waals surface area contributed by atoms with Crippen LogP contribution in [0, 0.1) is 10.1 Å². The third kappa shape index (κ3) is 3.16. The van der Waals surface area contributed by atoms with Crippen molar-refractivity contribution in [3.05, 3.63) is 69.8 Å². The maximum atomic E-state index is 12.7. The molecule has 0 amide bonds. The number of phenols is 1. The van der Waals surface area contributed by atoms with Crippen molar-refractivity contribution in [2.75, 3.05) is 14.2 Å². The van der Waals surface area contributed by atoms with Gasteiger partial charge in [0.25, 0.3) is 0 Å². The fourth-order valence-corrected chi connectivity index (χ4v) is 4.03. The lowest BCUT2D eigenvalue weighted by Crippen LogP contribution is -2.50. The molecule has 1 aliphatic heterocycles. The summed E-state index contributed by atoms with van der Waals surface area (Å²) in [6.45, 7) is 1.59. The Morgan fingerprint density at radius 3 is 2.36 bits per heavy atom. The van der Waals surface area contributed by atoms with E-state index in [1.165, 1.54) is 20.3 Å². The van der Waals surface area contributed by atoms with E-state index in [1.807, 2.05) is 0 Å². The van der Waals surface area contributed by atoms with Gasteiger partial charge in [0.05, 0.1) is 20.1 Å². The Bertz CT molecular complexity index is 885. The number of ether oxygens (including phenoxy) is 2. The van der Waals surface area contributed by atoms with E-state index in [4.69, 9.17) is 9.47 Å². The molecule has 1 fully saturated rings. The van der Waals surface area contributed by atoms with Gasteiger partial charge in [-0.05, 0) is 30.7 Å². The minimum atomic E-state index is -1.37. The maximum absolute atomic E-state index is 12.7. The maximum Gasteiger partial charge on any atom is 0.326 e. The molecule has 0 spiro atoms. The number of rotatable bonds is 5. The number of para-hydroxylation sites is 1. The van der Waals surface area contributed by atoms with Crippen LogP contribution in [0.1, 0.15) is 30.0 Å². The number of benzene rings is 2. The van der Waals surface area contributed by atoms with Gasteiger partial charge in [-0.15, -0.1) is 0 Å². The van der Waals surface area contributed by atoms with Gasteiger partial charge in [0, 0.05) is 10.5 Å². The molecule has 1 saturated heterocycles. The molecule has 0 unspecified atom stereocenters. The van der Waals surface area contributed by atoms with Crippen molar-refractivity contribution in [1.29, 1.82) is 0 Å². The average Bonchev–Trinajstić information content (AvgIpc) is 3.02. The molecule has 0 radical (unpaired) electrons. The van der Waals surface area contributed by atoms with Gasteiger partial charge in [0.1, 0.15) is 23.1 Å². The van der Waals surface area contributed by atoms with Crippen LogP contribution in [0.5, 0.6) is 11.5 Å². The molecule has 2 aromatic rings. The lowest BCUT2D eigenvalue weighted by molar-refractivity contribution is -0.527. The predicted octanol–water partition coefficient (Wildman–Crippen LogP) is 2.41. The first kappa shape index (κ1) is 19.6. The summed E-state index contributed by atoms with van der Waals surface area (Å²) in [7, 11) is 2.77. The molecule has 148 valence electrons. The second kappa shape index (κ2) is 7.47. The van der Waals surface area contributed by atoms with Crippen molar-refractivity contribution in [2.24, 2.45) is 0 Å². The Kier molecular flexibility index (Phi) is 5.24. The van der Waals surface area contributed by atoms with Gasteiger partial charge in [-0.1, -0.05) is 30.3 Å². The minimum absolute atomic E-state index is 0.0746. The number of carbonyl (C=O) groups is 1. The van der Waals surface area contributed by atoms with Crippen LogP contribution < -0.4 is 10.1 Å². The molecule has 2 N–H and O–H groups in total. The van der Waals surface area contributed by atoms with Crippen molar-refractivity contribution in [3.8, 4) is 11.5 Å². The average molecular weight is 386 g/mol. The molecule has 2 aromatic carbocycles. The van der Waals surface area contributed by atoms with Crippen molar-refractivity contribution in [2.45, 2.75) is 30.5 Å². The summed E-state index contributed by atoms with van der Waals surface area (Å²) in [4.78, 5) is 24.4. The highest BCUT2D eigenvalue weighted by Crippen LogP contribution is 2.47. The van der Waals surface area contributed by atoms with Gasteiger partial charge in [-0.2, -0.15) is 0 Å². The van der Waals surface area contributed by atoms with Crippen LogP contribution in [0.15, 0.2) is 48.5 Å². The number of methoxy groups -OCH3 is 2. The molecule has 0 aliphatic carbocycles. The van der Waals surface area contributed by atoms with Crippen molar-refractivity contribution < 1.29 is 24.3 Å². The number of nitrogens with zero attached hydrogens (tertiary/aromatic N) is 1. The zero-order valence-electron chi connectivity index (χ0n) is 15.8. The van der Waals surface area contributed by atoms with E-state index in [2.05, 4.69) is 5.32 Å². The summed E-state index contributed by atoms with van der Waals surface area (Å²) in [6.07, 6.45) is 0. The van der Waals surface area contributed by atoms with Crippen LogP contribution in [0.25, 0.3) is 0 Å². The molecular weight excluding hydrogens is 364 g/mol. The zero-order chi connectivity index (χ0) is 20.5. The second-order valence-electron chi connectivity index (χ2n) is 6.90. The number of phenolic OH excluding ortho intramolecular Hbond substituents is 1. The van der Waals surface area contributed by atoms with Crippen LogP contribution in [0.4, 0.5) is 0 Å². The number of aromatic hydroxyl groups is 1. The first-order valence-corrected chi connectivity index (χ1v) is 8.75. The fourth-order valence-electron chi connectivity index (χ4n) is 4.03. The van der Waals surface area contributed by atoms with E-state index in [0.29, 0.717) is 16.9 Å². The lowest BCUT2D eigenvalue weighted by Gasteiger charge is -2.28. The molecule has 4 atom stereocenters. The number of nitrogens with one attached hydrogen (secondary N) is 1. The quantitative estimate of drug-likeness (QED) is 0.461. The molecular formula is C20H22N2O6. The summed E-state index contributed by atoms with van der Waals surface area (Å²) in [5.74, 6) is -0.914. The lowest BCUT2D eigenvalue weighted by atomic mass is 9.78. The van der Waals surface area contributed by atoms with Crippen LogP contribution in [-0.4, -0.2) is 41.8 Å². The largest absolute Gasteiger partial charge is 0.508 e. The summed E-state index contributed by atoms with van der Waals surface area (Å²) in [5.41, 5.74) is -0.412. The smallest absolute Gasteiger partial charge is 0.326 e. The Balaban J connectivity index is 2.17. The Morgan fingerprint density at radius 1 is 1.18 bits per heavy atom. The van der Waals surface area contributed by atoms with Gasteiger partial charge in [-0.3, -0.25) is 20.2 Å². The monoisotopic (exact) mass is 386 g/mol. The zero-order valence-corrected chi connectivity index (χ0v) is 15.8. The molecule has 1 heterocycles. The molecule has 0 saturated carbocycles. The topological polar surface area (TPSA) is 111 Å². The van der Waals surface area contributed by atoms with E-state index in [1.54, 1.807) is 49.4 Å². The van der Waals surface area contributed by atoms with E-state index >= 15 is 0 Å². The fraction of sp³-hybridized carbons (Fsp3) is 0.350.